The lowest BCUT2D eigenvalue weighted by Crippen LogP contribution is -2.07. The molecule has 0 aliphatic rings. The fraction of sp³-hybridized carbons (Fsp3) is 0.0870. The topological polar surface area (TPSA) is 108 Å². The molecule has 31 heavy (non-hydrogen) atoms. The monoisotopic (exact) mass is 411 g/mol. The van der Waals surface area contributed by atoms with Gasteiger partial charge in [-0.15, -0.1) is 5.10 Å². The van der Waals surface area contributed by atoms with Crippen LogP contribution in [-0.2, 0) is 4.79 Å². The lowest BCUT2D eigenvalue weighted by molar-refractivity contribution is -0.111. The fourth-order valence-electron chi connectivity index (χ4n) is 2.96. The number of hydrogen-bond donors (Lipinski definition) is 3. The van der Waals surface area contributed by atoms with Gasteiger partial charge in [0, 0.05) is 28.7 Å². The van der Waals surface area contributed by atoms with Crippen LogP contribution in [0, 0.1) is 13.8 Å². The van der Waals surface area contributed by atoms with Crippen molar-refractivity contribution in [1.82, 2.24) is 25.1 Å². The van der Waals surface area contributed by atoms with Crippen molar-refractivity contribution in [1.29, 1.82) is 0 Å². The molecule has 0 bridgehead atoms. The summed E-state index contributed by atoms with van der Waals surface area (Å²) in [6.45, 7) is 3.81. The number of aromatic nitrogens is 5. The summed E-state index contributed by atoms with van der Waals surface area (Å²) in [6.07, 6.45) is 3.28. The van der Waals surface area contributed by atoms with Gasteiger partial charge in [0.1, 0.15) is 0 Å². The molecule has 0 spiro atoms. The van der Waals surface area contributed by atoms with Gasteiger partial charge in [0.25, 0.3) is 0 Å². The van der Waals surface area contributed by atoms with Crippen molar-refractivity contribution in [2.75, 3.05) is 10.6 Å². The molecule has 8 nitrogen and oxygen atoms in total. The highest BCUT2D eigenvalue weighted by atomic mass is 16.1. The zero-order valence-corrected chi connectivity index (χ0v) is 17.1. The van der Waals surface area contributed by atoms with E-state index >= 15 is 0 Å². The average molecular weight is 411 g/mol. The first-order valence-corrected chi connectivity index (χ1v) is 9.71. The molecule has 2 aromatic carbocycles. The van der Waals surface area contributed by atoms with Crippen molar-refractivity contribution in [2.24, 2.45) is 0 Å². The van der Waals surface area contributed by atoms with Gasteiger partial charge in [0.05, 0.1) is 0 Å². The molecule has 4 aromatic rings. The van der Waals surface area contributed by atoms with Crippen molar-refractivity contribution in [2.45, 2.75) is 13.8 Å². The van der Waals surface area contributed by atoms with E-state index in [1.54, 1.807) is 6.08 Å². The number of amides is 1. The molecule has 0 aliphatic carbocycles. The van der Waals surface area contributed by atoms with E-state index < -0.39 is 0 Å². The third kappa shape index (κ3) is 5.39. The number of aryl methyl sites for hydroxylation is 2. The van der Waals surface area contributed by atoms with Crippen molar-refractivity contribution < 1.29 is 4.79 Å². The minimum atomic E-state index is -0.198. The largest absolute Gasteiger partial charge is 0.323 e. The number of H-pyrrole nitrogens is 1. The van der Waals surface area contributed by atoms with Gasteiger partial charge in [-0.1, -0.05) is 30.3 Å². The Morgan fingerprint density at radius 2 is 1.61 bits per heavy atom. The highest BCUT2D eigenvalue weighted by Crippen LogP contribution is 2.20. The van der Waals surface area contributed by atoms with Crippen LogP contribution in [0.5, 0.6) is 0 Å². The highest BCUT2D eigenvalue weighted by molar-refractivity contribution is 6.02. The van der Waals surface area contributed by atoms with E-state index in [0.717, 1.165) is 22.5 Å². The van der Waals surface area contributed by atoms with Crippen molar-refractivity contribution in [3.63, 3.8) is 0 Å². The molecule has 2 heterocycles. The zero-order valence-electron chi connectivity index (χ0n) is 17.1. The van der Waals surface area contributed by atoms with Crippen LogP contribution in [0.3, 0.4) is 0 Å². The second kappa shape index (κ2) is 9.00. The Bertz CT molecular complexity index is 1190. The summed E-state index contributed by atoms with van der Waals surface area (Å²) < 4.78 is 0. The minimum absolute atomic E-state index is 0.198. The number of carbonyl (C=O) groups excluding carboxylic acids is 1. The predicted octanol–water partition coefficient (Wildman–Crippen LogP) is 4.27. The second-order valence-corrected chi connectivity index (χ2v) is 6.92. The molecule has 8 heteroatoms. The summed E-state index contributed by atoms with van der Waals surface area (Å²) in [5.74, 6) is 1.22. The lowest BCUT2D eigenvalue weighted by atomic mass is 10.2. The second-order valence-electron chi connectivity index (χ2n) is 6.92. The molecule has 0 aliphatic heterocycles. The lowest BCUT2D eigenvalue weighted by Gasteiger charge is -2.03. The van der Waals surface area contributed by atoms with E-state index in [4.69, 9.17) is 0 Å². The van der Waals surface area contributed by atoms with Crippen LogP contribution in [0.25, 0.3) is 17.5 Å². The van der Waals surface area contributed by atoms with Crippen molar-refractivity contribution >= 4 is 29.6 Å². The van der Waals surface area contributed by atoms with Crippen molar-refractivity contribution in [3.8, 4) is 11.4 Å². The number of rotatable bonds is 6. The molecule has 2 aromatic heterocycles. The summed E-state index contributed by atoms with van der Waals surface area (Å²) in [5.41, 5.74) is 4.21. The molecule has 0 saturated heterocycles. The first-order valence-electron chi connectivity index (χ1n) is 9.71. The smallest absolute Gasteiger partial charge is 0.249 e. The third-order valence-corrected chi connectivity index (χ3v) is 4.34. The molecule has 0 radical (unpaired) electrons. The van der Waals surface area contributed by atoms with Gasteiger partial charge in [-0.05, 0) is 55.8 Å². The van der Waals surface area contributed by atoms with Gasteiger partial charge in [-0.25, -0.2) is 9.97 Å². The number of nitrogens with zero attached hydrogens (tertiary/aromatic N) is 4. The van der Waals surface area contributed by atoms with Gasteiger partial charge in [-0.3, -0.25) is 15.2 Å². The Morgan fingerprint density at radius 3 is 2.32 bits per heavy atom. The molecule has 0 atom stereocenters. The van der Waals surface area contributed by atoms with Gasteiger partial charge < -0.3 is 5.32 Å². The SMILES string of the molecule is Cc1cc(C)nc(Nc2n[nH]c(-c3ccc(NC(=O)C=Cc4ccccc4)cc3)n2)n1. The van der Waals surface area contributed by atoms with E-state index in [2.05, 4.69) is 35.8 Å². The molecule has 3 N–H and O–H groups in total. The van der Waals surface area contributed by atoms with Crippen LogP contribution in [0.2, 0.25) is 0 Å². The number of benzene rings is 2. The highest BCUT2D eigenvalue weighted by Gasteiger charge is 2.08. The third-order valence-electron chi connectivity index (χ3n) is 4.34. The van der Waals surface area contributed by atoms with Gasteiger partial charge >= 0.3 is 0 Å². The van der Waals surface area contributed by atoms with E-state index in [1.165, 1.54) is 6.08 Å². The number of anilines is 3. The van der Waals surface area contributed by atoms with Crippen LogP contribution in [0.4, 0.5) is 17.6 Å². The predicted molar refractivity (Wildman–Crippen MR) is 121 cm³/mol. The van der Waals surface area contributed by atoms with E-state index in [0.29, 0.717) is 23.4 Å². The first-order chi connectivity index (χ1) is 15.0. The summed E-state index contributed by atoms with van der Waals surface area (Å²) in [7, 11) is 0. The average Bonchev–Trinajstić information content (AvgIpc) is 3.21. The Morgan fingerprint density at radius 1 is 0.903 bits per heavy atom. The summed E-state index contributed by atoms with van der Waals surface area (Å²) in [4.78, 5) is 25.2. The summed E-state index contributed by atoms with van der Waals surface area (Å²) >= 11 is 0. The molecule has 154 valence electrons. The van der Waals surface area contributed by atoms with Gasteiger partial charge in [-0.2, -0.15) is 4.98 Å². The van der Waals surface area contributed by atoms with Gasteiger partial charge in [0.15, 0.2) is 5.82 Å². The molecule has 0 fully saturated rings. The standard InChI is InChI=1S/C23H21N7O/c1-15-14-16(2)25-22(24-15)28-23-27-21(29-30-23)18-9-11-19(12-10-18)26-20(31)13-8-17-6-4-3-5-7-17/h3-14H,1-2H3,(H,26,31)(H2,24,25,27,28,29,30). The van der Waals surface area contributed by atoms with Crippen LogP contribution in [0.15, 0.2) is 66.7 Å². The molecule has 4 rings (SSSR count). The van der Waals surface area contributed by atoms with E-state index in [-0.39, 0.29) is 5.91 Å². The Labute approximate surface area is 179 Å². The quantitative estimate of drug-likeness (QED) is 0.409. The molecule has 1 amide bonds. The number of aromatic amines is 1. The Kier molecular flexibility index (Phi) is 5.79. The van der Waals surface area contributed by atoms with E-state index in [9.17, 15) is 4.79 Å². The Balaban J connectivity index is 1.39. The van der Waals surface area contributed by atoms with Crippen LogP contribution < -0.4 is 10.6 Å². The Hall–Kier alpha value is -4.33. The van der Waals surface area contributed by atoms with E-state index in [1.807, 2.05) is 74.5 Å². The minimum Gasteiger partial charge on any atom is -0.323 e. The molecule has 0 saturated carbocycles. The number of hydrogen-bond acceptors (Lipinski definition) is 6. The molecule has 0 unspecified atom stereocenters. The van der Waals surface area contributed by atoms with Crippen LogP contribution in [-0.4, -0.2) is 31.1 Å². The normalized spacial score (nSPS) is 10.9. The number of carbonyl (C=O) groups is 1. The van der Waals surface area contributed by atoms with Crippen LogP contribution >= 0.6 is 0 Å². The maximum absolute atomic E-state index is 12.1. The first kappa shape index (κ1) is 20.0. The summed E-state index contributed by atoms with van der Waals surface area (Å²) in [5, 5.41) is 12.9. The maximum atomic E-state index is 12.1. The number of nitrogens with one attached hydrogen (secondary N) is 3. The molecular formula is C23H21N7O. The van der Waals surface area contributed by atoms with Crippen molar-refractivity contribution in [3.05, 3.63) is 83.7 Å². The fourth-order valence-corrected chi connectivity index (χ4v) is 2.96. The molecular weight excluding hydrogens is 390 g/mol. The van der Waals surface area contributed by atoms with Gasteiger partial charge in [0.2, 0.25) is 17.8 Å². The maximum Gasteiger partial charge on any atom is 0.249 e. The summed E-state index contributed by atoms with van der Waals surface area (Å²) in [6, 6.07) is 18.9. The zero-order chi connectivity index (χ0) is 21.6. The van der Waals surface area contributed by atoms with Crippen LogP contribution in [0.1, 0.15) is 17.0 Å².